The van der Waals surface area contributed by atoms with Crippen LogP contribution in [0.2, 0.25) is 0 Å². The van der Waals surface area contributed by atoms with Crippen LogP contribution in [0.4, 0.5) is 0 Å². The molecule has 1 atom stereocenters. The fourth-order valence-corrected chi connectivity index (χ4v) is 3.49. The molecule has 3 nitrogen and oxygen atoms in total. The Kier molecular flexibility index (Phi) is 6.99. The van der Waals surface area contributed by atoms with E-state index in [9.17, 15) is 0 Å². The molecule has 0 heterocycles. The number of halogens is 1. The average molecular weight is 413 g/mol. The van der Waals surface area contributed by atoms with E-state index in [0.717, 1.165) is 19.0 Å². The summed E-state index contributed by atoms with van der Waals surface area (Å²) < 4.78 is 0. The van der Waals surface area contributed by atoms with Crippen molar-refractivity contribution in [3.63, 3.8) is 0 Å². The first-order valence-corrected chi connectivity index (χ1v) is 8.49. The highest BCUT2D eigenvalue weighted by atomic mass is 127. The van der Waals surface area contributed by atoms with E-state index in [0.29, 0.717) is 12.0 Å². The Morgan fingerprint density at radius 1 is 1.18 bits per heavy atom. The van der Waals surface area contributed by atoms with Gasteiger partial charge in [0.2, 0.25) is 0 Å². The number of benzene rings is 1. The molecule has 0 amide bonds. The van der Waals surface area contributed by atoms with Crippen LogP contribution in [0.1, 0.15) is 56.1 Å². The van der Waals surface area contributed by atoms with Crippen LogP contribution in [0.15, 0.2) is 29.3 Å². The van der Waals surface area contributed by atoms with Gasteiger partial charge in [0.1, 0.15) is 0 Å². The maximum atomic E-state index is 4.82. The van der Waals surface area contributed by atoms with E-state index in [2.05, 4.69) is 41.8 Å². The Hall–Kier alpha value is -0.780. The first-order chi connectivity index (χ1) is 10.4. The van der Waals surface area contributed by atoms with Gasteiger partial charge in [0, 0.05) is 25.0 Å². The van der Waals surface area contributed by atoms with Crippen molar-refractivity contribution in [2.24, 2.45) is 4.99 Å². The van der Waals surface area contributed by atoms with Crippen LogP contribution in [0.5, 0.6) is 0 Å². The molecular formula is C18H28IN3. The number of hydrogen-bond donors (Lipinski definition) is 2. The van der Waals surface area contributed by atoms with Crippen LogP contribution >= 0.6 is 24.0 Å². The van der Waals surface area contributed by atoms with Crippen molar-refractivity contribution in [2.75, 3.05) is 13.1 Å². The molecule has 1 saturated carbocycles. The third-order valence-corrected chi connectivity index (χ3v) is 4.72. The molecule has 1 fully saturated rings. The minimum Gasteiger partial charge on any atom is -0.357 e. The van der Waals surface area contributed by atoms with Gasteiger partial charge in [-0.2, -0.15) is 0 Å². The number of nitrogens with zero attached hydrogens (tertiary/aromatic N) is 1. The van der Waals surface area contributed by atoms with Gasteiger partial charge >= 0.3 is 0 Å². The van der Waals surface area contributed by atoms with E-state index in [1.807, 2.05) is 0 Å². The van der Waals surface area contributed by atoms with E-state index in [1.165, 1.54) is 49.7 Å². The van der Waals surface area contributed by atoms with Crippen molar-refractivity contribution in [1.82, 2.24) is 10.6 Å². The molecule has 4 heteroatoms. The number of rotatable bonds is 4. The molecule has 1 unspecified atom stereocenters. The summed E-state index contributed by atoms with van der Waals surface area (Å²) in [5.41, 5.74) is 3.00. The summed E-state index contributed by atoms with van der Waals surface area (Å²) in [5, 5.41) is 7.02. The van der Waals surface area contributed by atoms with Gasteiger partial charge in [-0.05, 0) is 37.3 Å². The SMILES string of the molecule is CCNC(=NCC1Cc2ccccc21)NC1CCCCC1.I. The molecule has 0 saturated heterocycles. The maximum absolute atomic E-state index is 4.82. The highest BCUT2D eigenvalue weighted by molar-refractivity contribution is 14.0. The quantitative estimate of drug-likeness (QED) is 0.447. The zero-order valence-electron chi connectivity index (χ0n) is 13.5. The van der Waals surface area contributed by atoms with Crippen LogP contribution in [0.3, 0.4) is 0 Å². The Bertz CT molecular complexity index is 495. The molecule has 2 aliphatic rings. The fourth-order valence-electron chi connectivity index (χ4n) is 3.49. The summed E-state index contributed by atoms with van der Waals surface area (Å²) in [6.45, 7) is 3.97. The molecule has 22 heavy (non-hydrogen) atoms. The zero-order chi connectivity index (χ0) is 14.5. The number of hydrogen-bond acceptors (Lipinski definition) is 1. The lowest BCUT2D eigenvalue weighted by Crippen LogP contribution is -2.44. The second-order valence-electron chi connectivity index (χ2n) is 6.30. The van der Waals surface area contributed by atoms with Crippen LogP contribution in [0, 0.1) is 0 Å². The summed E-state index contributed by atoms with van der Waals surface area (Å²) in [6.07, 6.45) is 7.86. The lowest BCUT2D eigenvalue weighted by atomic mass is 9.78. The van der Waals surface area contributed by atoms with Gasteiger partial charge in [-0.15, -0.1) is 24.0 Å². The molecular weight excluding hydrogens is 385 g/mol. The highest BCUT2D eigenvalue weighted by Crippen LogP contribution is 2.34. The van der Waals surface area contributed by atoms with Gasteiger partial charge < -0.3 is 10.6 Å². The summed E-state index contributed by atoms with van der Waals surface area (Å²) in [4.78, 5) is 4.82. The van der Waals surface area contributed by atoms with Crippen LogP contribution in [0.25, 0.3) is 0 Å². The van der Waals surface area contributed by atoms with Gasteiger partial charge in [0.05, 0.1) is 0 Å². The summed E-state index contributed by atoms with van der Waals surface area (Å²) in [7, 11) is 0. The number of aliphatic imine (C=N–C) groups is 1. The molecule has 1 aromatic carbocycles. The second kappa shape index (κ2) is 8.75. The van der Waals surface area contributed by atoms with E-state index >= 15 is 0 Å². The minimum absolute atomic E-state index is 0. The first kappa shape index (κ1) is 17.6. The lowest BCUT2D eigenvalue weighted by Gasteiger charge is -2.29. The molecule has 2 N–H and O–H groups in total. The summed E-state index contributed by atoms with van der Waals surface area (Å²) in [6, 6.07) is 9.37. The van der Waals surface area contributed by atoms with Crippen molar-refractivity contribution in [1.29, 1.82) is 0 Å². The van der Waals surface area contributed by atoms with Crippen LogP contribution in [-0.4, -0.2) is 25.1 Å². The van der Waals surface area contributed by atoms with Gasteiger partial charge in [0.15, 0.2) is 5.96 Å². The highest BCUT2D eigenvalue weighted by Gasteiger charge is 2.25. The first-order valence-electron chi connectivity index (χ1n) is 8.49. The summed E-state index contributed by atoms with van der Waals surface area (Å²) >= 11 is 0. The fraction of sp³-hybridized carbons (Fsp3) is 0.611. The molecule has 122 valence electrons. The topological polar surface area (TPSA) is 36.4 Å². The predicted molar refractivity (Wildman–Crippen MR) is 104 cm³/mol. The Labute approximate surface area is 151 Å². The molecule has 0 spiro atoms. The zero-order valence-corrected chi connectivity index (χ0v) is 15.8. The van der Waals surface area contributed by atoms with Crippen molar-refractivity contribution in [2.45, 2.75) is 57.4 Å². The van der Waals surface area contributed by atoms with E-state index in [-0.39, 0.29) is 24.0 Å². The third-order valence-electron chi connectivity index (χ3n) is 4.72. The van der Waals surface area contributed by atoms with Crippen molar-refractivity contribution >= 4 is 29.9 Å². The Morgan fingerprint density at radius 3 is 2.68 bits per heavy atom. The van der Waals surface area contributed by atoms with Crippen LogP contribution in [-0.2, 0) is 6.42 Å². The molecule has 3 rings (SSSR count). The minimum atomic E-state index is 0. The van der Waals surface area contributed by atoms with Crippen LogP contribution < -0.4 is 10.6 Å². The number of guanidine groups is 1. The Morgan fingerprint density at radius 2 is 1.95 bits per heavy atom. The molecule has 0 radical (unpaired) electrons. The second-order valence-corrected chi connectivity index (χ2v) is 6.30. The van der Waals surface area contributed by atoms with Crippen molar-refractivity contribution in [3.05, 3.63) is 35.4 Å². The molecule has 0 bridgehead atoms. The smallest absolute Gasteiger partial charge is 0.191 e. The molecule has 1 aromatic rings. The Balaban J connectivity index is 0.00000176. The predicted octanol–water partition coefficient (Wildman–Crippen LogP) is 3.83. The molecule has 2 aliphatic carbocycles. The normalized spacial score (nSPS) is 21.3. The van der Waals surface area contributed by atoms with Crippen molar-refractivity contribution < 1.29 is 0 Å². The van der Waals surface area contributed by atoms with E-state index in [1.54, 1.807) is 0 Å². The lowest BCUT2D eigenvalue weighted by molar-refractivity contribution is 0.410. The molecule has 0 aromatic heterocycles. The van der Waals surface area contributed by atoms with Gasteiger partial charge in [-0.1, -0.05) is 43.5 Å². The maximum Gasteiger partial charge on any atom is 0.191 e. The monoisotopic (exact) mass is 413 g/mol. The van der Waals surface area contributed by atoms with E-state index in [4.69, 9.17) is 4.99 Å². The summed E-state index contributed by atoms with van der Waals surface area (Å²) in [5.74, 6) is 1.62. The number of nitrogens with one attached hydrogen (secondary N) is 2. The van der Waals surface area contributed by atoms with Gasteiger partial charge in [-0.25, -0.2) is 0 Å². The van der Waals surface area contributed by atoms with E-state index < -0.39 is 0 Å². The van der Waals surface area contributed by atoms with Gasteiger partial charge in [-0.3, -0.25) is 4.99 Å². The standard InChI is InChI=1S/C18H27N3.HI/c1-2-19-18(21-16-9-4-3-5-10-16)20-13-15-12-14-8-6-7-11-17(14)15;/h6-8,11,15-16H,2-5,9-10,12-13H2,1H3,(H2,19,20,21);1H. The largest absolute Gasteiger partial charge is 0.357 e. The average Bonchev–Trinajstić information content (AvgIpc) is 2.49. The van der Waals surface area contributed by atoms with Gasteiger partial charge in [0.25, 0.3) is 0 Å². The molecule has 0 aliphatic heterocycles. The number of fused-ring (bicyclic) bond motifs is 1. The third kappa shape index (κ3) is 4.37. The van der Waals surface area contributed by atoms with Crippen molar-refractivity contribution in [3.8, 4) is 0 Å².